The van der Waals surface area contributed by atoms with Gasteiger partial charge in [-0.05, 0) is 30.5 Å². The van der Waals surface area contributed by atoms with Crippen molar-refractivity contribution in [2.45, 2.75) is 25.5 Å². The average Bonchev–Trinajstić information content (AvgIpc) is 2.83. The summed E-state index contributed by atoms with van der Waals surface area (Å²) in [4.78, 5) is 22.8. The Labute approximate surface area is 190 Å². The Hall–Kier alpha value is -4.19. The summed E-state index contributed by atoms with van der Waals surface area (Å²) in [5.41, 5.74) is 7.76. The maximum Gasteiger partial charge on any atom is 0.407 e. The highest BCUT2D eigenvalue weighted by atomic mass is 19.1. The number of ether oxygens (including phenoxy) is 1. The first-order valence-corrected chi connectivity index (χ1v) is 10.6. The smallest absolute Gasteiger partial charge is 0.407 e. The van der Waals surface area contributed by atoms with Gasteiger partial charge in [0.05, 0.1) is 11.3 Å². The first-order chi connectivity index (χ1) is 16.0. The summed E-state index contributed by atoms with van der Waals surface area (Å²) in [5, 5.41) is 11.8. The van der Waals surface area contributed by atoms with Crippen LogP contribution < -0.4 is 16.0 Å². The zero-order chi connectivity index (χ0) is 23.2. The Morgan fingerprint density at radius 1 is 1.24 bits per heavy atom. The molecule has 4 rings (SSSR count). The van der Waals surface area contributed by atoms with E-state index in [1.165, 1.54) is 12.1 Å². The molecule has 0 saturated carbocycles. The van der Waals surface area contributed by atoms with Crippen molar-refractivity contribution in [1.29, 1.82) is 5.26 Å². The number of nitrogens with two attached hydrogens (primary N) is 1. The number of carbonyl (C=O) groups is 1. The number of nitrogens with one attached hydrogen (secondary N) is 1. The number of aromatic nitrogens is 2. The minimum atomic E-state index is -0.620. The number of nitriles is 1. The average molecular weight is 446 g/mol. The van der Waals surface area contributed by atoms with Gasteiger partial charge in [0, 0.05) is 30.8 Å². The molecule has 1 fully saturated rings. The van der Waals surface area contributed by atoms with E-state index in [9.17, 15) is 9.18 Å². The molecular weight excluding hydrogens is 423 g/mol. The number of benzene rings is 2. The van der Waals surface area contributed by atoms with Crippen molar-refractivity contribution >= 4 is 17.9 Å². The summed E-state index contributed by atoms with van der Waals surface area (Å²) in [7, 11) is 0. The SMILES string of the molecule is N#Cc1ccc(-c2cc(N3CCC[C@@H](NC(=O)OCc4ccccc4)C3)nc(N)n2)cc1F. The Kier molecular flexibility index (Phi) is 6.64. The molecule has 1 atom stereocenters. The van der Waals surface area contributed by atoms with Gasteiger partial charge in [-0.25, -0.2) is 14.2 Å². The minimum Gasteiger partial charge on any atom is -0.445 e. The molecule has 1 amide bonds. The second-order valence-electron chi connectivity index (χ2n) is 7.77. The number of nitrogen functional groups attached to an aromatic ring is 1. The molecule has 1 saturated heterocycles. The maximum atomic E-state index is 14.1. The van der Waals surface area contributed by atoms with Gasteiger partial charge in [-0.3, -0.25) is 0 Å². The molecule has 1 aliphatic rings. The van der Waals surface area contributed by atoms with Crippen LogP contribution in [0.15, 0.2) is 54.6 Å². The van der Waals surface area contributed by atoms with Crippen LogP contribution in [0.25, 0.3) is 11.3 Å². The van der Waals surface area contributed by atoms with Crippen molar-refractivity contribution in [3.63, 3.8) is 0 Å². The minimum absolute atomic E-state index is 0.0369. The Morgan fingerprint density at radius 2 is 2.06 bits per heavy atom. The van der Waals surface area contributed by atoms with Crippen molar-refractivity contribution in [2.24, 2.45) is 0 Å². The number of rotatable bonds is 5. The summed E-state index contributed by atoms with van der Waals surface area (Å²) in [5.74, 6) is 0.0287. The third-order valence-corrected chi connectivity index (χ3v) is 5.40. The van der Waals surface area contributed by atoms with Crippen LogP contribution in [0.5, 0.6) is 0 Å². The van der Waals surface area contributed by atoms with Crippen molar-refractivity contribution in [3.8, 4) is 17.3 Å². The van der Waals surface area contributed by atoms with Crippen LogP contribution in [0.4, 0.5) is 21.0 Å². The molecule has 0 radical (unpaired) electrons. The van der Waals surface area contributed by atoms with Gasteiger partial charge in [-0.1, -0.05) is 36.4 Å². The molecule has 33 heavy (non-hydrogen) atoms. The molecular formula is C24H23FN6O2. The quantitative estimate of drug-likeness (QED) is 0.614. The molecule has 0 unspecified atom stereocenters. The van der Waals surface area contributed by atoms with Crippen molar-refractivity contribution in [2.75, 3.05) is 23.7 Å². The number of anilines is 2. The topological polar surface area (TPSA) is 117 Å². The predicted molar refractivity (Wildman–Crippen MR) is 122 cm³/mol. The second kappa shape index (κ2) is 9.96. The van der Waals surface area contributed by atoms with E-state index in [1.54, 1.807) is 18.2 Å². The van der Waals surface area contributed by atoms with Crippen molar-refractivity contribution in [3.05, 3.63) is 71.5 Å². The lowest BCUT2D eigenvalue weighted by molar-refractivity contribution is 0.134. The molecule has 1 aliphatic heterocycles. The van der Waals surface area contributed by atoms with Crippen LogP contribution in [0.2, 0.25) is 0 Å². The van der Waals surface area contributed by atoms with Crippen LogP contribution in [0, 0.1) is 17.1 Å². The number of amides is 1. The lowest BCUT2D eigenvalue weighted by atomic mass is 10.1. The molecule has 8 nitrogen and oxygen atoms in total. The fourth-order valence-electron chi connectivity index (χ4n) is 3.76. The van der Waals surface area contributed by atoms with Crippen LogP contribution in [-0.2, 0) is 11.3 Å². The van der Waals surface area contributed by atoms with Gasteiger partial charge < -0.3 is 20.7 Å². The van der Waals surface area contributed by atoms with Crippen molar-refractivity contribution < 1.29 is 13.9 Å². The molecule has 0 aliphatic carbocycles. The monoisotopic (exact) mass is 446 g/mol. The van der Waals surface area contributed by atoms with Gasteiger partial charge in [0.25, 0.3) is 0 Å². The predicted octanol–water partition coefficient (Wildman–Crippen LogP) is 3.63. The van der Waals surface area contributed by atoms with E-state index in [2.05, 4.69) is 15.3 Å². The van der Waals surface area contributed by atoms with Gasteiger partial charge in [0.2, 0.25) is 5.95 Å². The highest BCUT2D eigenvalue weighted by molar-refractivity contribution is 5.68. The molecule has 2 aromatic carbocycles. The van der Waals surface area contributed by atoms with E-state index in [0.717, 1.165) is 24.9 Å². The first-order valence-electron chi connectivity index (χ1n) is 10.6. The zero-order valence-corrected chi connectivity index (χ0v) is 17.9. The van der Waals surface area contributed by atoms with E-state index in [0.29, 0.717) is 23.6 Å². The molecule has 1 aromatic heterocycles. The highest BCUT2D eigenvalue weighted by Gasteiger charge is 2.24. The van der Waals surface area contributed by atoms with E-state index >= 15 is 0 Å². The molecule has 9 heteroatoms. The van der Waals surface area contributed by atoms with Crippen LogP contribution in [0.3, 0.4) is 0 Å². The number of halogens is 1. The number of hydrogen-bond donors (Lipinski definition) is 2. The lowest BCUT2D eigenvalue weighted by Crippen LogP contribution is -2.48. The van der Waals surface area contributed by atoms with E-state index in [1.807, 2.05) is 35.2 Å². The van der Waals surface area contributed by atoms with E-state index in [-0.39, 0.29) is 24.2 Å². The second-order valence-corrected chi connectivity index (χ2v) is 7.77. The lowest BCUT2D eigenvalue weighted by Gasteiger charge is -2.33. The van der Waals surface area contributed by atoms with Crippen LogP contribution in [-0.4, -0.2) is 35.2 Å². The third-order valence-electron chi connectivity index (χ3n) is 5.40. The Bertz CT molecular complexity index is 1180. The molecule has 3 aromatic rings. The third kappa shape index (κ3) is 5.54. The molecule has 2 heterocycles. The maximum absolute atomic E-state index is 14.1. The molecule has 0 spiro atoms. The summed E-state index contributed by atoms with van der Waals surface area (Å²) in [6, 6.07) is 17.2. The molecule has 168 valence electrons. The molecule has 0 bridgehead atoms. The fourth-order valence-corrected chi connectivity index (χ4v) is 3.76. The van der Waals surface area contributed by atoms with E-state index in [4.69, 9.17) is 15.7 Å². The number of carbonyl (C=O) groups excluding carboxylic acids is 1. The van der Waals surface area contributed by atoms with Gasteiger partial charge in [-0.2, -0.15) is 10.2 Å². The number of nitrogens with zero attached hydrogens (tertiary/aromatic N) is 4. The van der Waals surface area contributed by atoms with Gasteiger partial charge in [-0.15, -0.1) is 0 Å². The summed E-state index contributed by atoms with van der Waals surface area (Å²) >= 11 is 0. The number of hydrogen-bond acceptors (Lipinski definition) is 7. The standard InChI is InChI=1S/C24H23FN6O2/c25-20-11-17(8-9-18(20)13-26)21-12-22(30-23(27)29-21)31-10-4-7-19(14-31)28-24(32)33-15-16-5-2-1-3-6-16/h1-3,5-6,8-9,11-12,19H,4,7,10,14-15H2,(H,28,32)(H2,27,29,30)/t19-/m1/s1. The zero-order valence-electron chi connectivity index (χ0n) is 17.9. The molecule has 3 N–H and O–H groups in total. The highest BCUT2D eigenvalue weighted by Crippen LogP contribution is 2.26. The number of alkyl carbamates (subject to hydrolysis) is 1. The van der Waals surface area contributed by atoms with Crippen molar-refractivity contribution in [1.82, 2.24) is 15.3 Å². The van der Waals surface area contributed by atoms with Crippen LogP contribution >= 0.6 is 0 Å². The summed E-state index contributed by atoms with van der Waals surface area (Å²) < 4.78 is 19.4. The normalized spacial score (nSPS) is 15.5. The largest absolute Gasteiger partial charge is 0.445 e. The van der Waals surface area contributed by atoms with Gasteiger partial charge in [0.15, 0.2) is 0 Å². The summed E-state index contributed by atoms with van der Waals surface area (Å²) in [6.45, 7) is 1.46. The fraction of sp³-hybridized carbons (Fsp3) is 0.250. The Balaban J connectivity index is 1.43. The number of piperidine rings is 1. The van der Waals surface area contributed by atoms with E-state index < -0.39 is 11.9 Å². The summed E-state index contributed by atoms with van der Waals surface area (Å²) in [6.07, 6.45) is 1.18. The van der Waals surface area contributed by atoms with Crippen LogP contribution in [0.1, 0.15) is 24.0 Å². The van der Waals surface area contributed by atoms with Gasteiger partial charge in [0.1, 0.15) is 24.3 Å². The van der Waals surface area contributed by atoms with Gasteiger partial charge >= 0.3 is 6.09 Å². The Morgan fingerprint density at radius 3 is 2.82 bits per heavy atom. The first kappa shape index (κ1) is 22.0.